The lowest BCUT2D eigenvalue weighted by atomic mass is 9.97. The van der Waals surface area contributed by atoms with Gasteiger partial charge in [-0.3, -0.25) is 0 Å². The van der Waals surface area contributed by atoms with Crippen LogP contribution in [0.1, 0.15) is 25.8 Å². The number of hydrogen-bond acceptors (Lipinski definition) is 3. The van der Waals surface area contributed by atoms with Crippen LogP contribution in [0.25, 0.3) is 50.9 Å². The van der Waals surface area contributed by atoms with E-state index in [-0.39, 0.29) is 0 Å². The molecule has 4 aromatic carbocycles. The van der Waals surface area contributed by atoms with Crippen molar-refractivity contribution in [2.45, 2.75) is 20.3 Å². The average Bonchev–Trinajstić information content (AvgIpc) is 3.41. The summed E-state index contributed by atoms with van der Waals surface area (Å²) in [6.07, 6.45) is 11.4. The van der Waals surface area contributed by atoms with Gasteiger partial charge in [-0.25, -0.2) is 15.0 Å². The minimum absolute atomic E-state index is 0.638. The number of allylic oxidation sites excluding steroid dienone is 10. The molecule has 0 radical (unpaired) electrons. The highest BCUT2D eigenvalue weighted by Gasteiger charge is 2.18. The fourth-order valence-electron chi connectivity index (χ4n) is 5.70. The second-order valence-corrected chi connectivity index (χ2v) is 11.0. The zero-order valence-corrected chi connectivity index (χ0v) is 25.7. The summed E-state index contributed by atoms with van der Waals surface area (Å²) in [4.78, 5) is 14.7. The van der Waals surface area contributed by atoms with Gasteiger partial charge in [-0.1, -0.05) is 141 Å². The largest absolute Gasteiger partial charge is 0.208 e. The Hall–Kier alpha value is -5.67. The molecule has 0 spiro atoms. The van der Waals surface area contributed by atoms with Gasteiger partial charge in [-0.2, -0.15) is 0 Å². The van der Waals surface area contributed by atoms with Gasteiger partial charge in [0.05, 0.1) is 0 Å². The standard InChI is InChI=1S/C42H35N3/c1-5-15-37-27-34(30(4)39(37)6-2)25-24-29(3)33-20-13-21-35(26-33)36-22-14-23-38(28-36)42-44-40(31-16-9-7-10-17-31)43-41(45-42)32-18-11-8-12-19-32/h5-26,28H,1,3,27H2,2,4H3/b25-24-,37-15-,39-6-. The van der Waals surface area contributed by atoms with Gasteiger partial charge in [-0.05, 0) is 77.0 Å². The molecule has 0 bridgehead atoms. The number of rotatable bonds is 8. The van der Waals surface area contributed by atoms with Crippen LogP contribution in [0.2, 0.25) is 0 Å². The maximum atomic E-state index is 4.91. The third kappa shape index (κ3) is 6.48. The number of benzene rings is 4. The van der Waals surface area contributed by atoms with Crippen molar-refractivity contribution in [3.63, 3.8) is 0 Å². The lowest BCUT2D eigenvalue weighted by molar-refractivity contribution is 1.07. The van der Waals surface area contributed by atoms with Crippen LogP contribution in [0.3, 0.4) is 0 Å². The fraction of sp³-hybridized carbons (Fsp3) is 0.0714. The summed E-state index contributed by atoms with van der Waals surface area (Å²) in [6, 6.07) is 37.0. The number of nitrogens with zero attached hydrogens (tertiary/aromatic N) is 3. The van der Waals surface area contributed by atoms with Crippen LogP contribution in [0.15, 0.2) is 175 Å². The summed E-state index contributed by atoms with van der Waals surface area (Å²) in [5.74, 6) is 1.94. The van der Waals surface area contributed by atoms with E-state index >= 15 is 0 Å². The molecule has 1 aliphatic carbocycles. The van der Waals surface area contributed by atoms with E-state index in [1.807, 2.05) is 66.7 Å². The molecule has 1 aliphatic rings. The van der Waals surface area contributed by atoms with E-state index < -0.39 is 0 Å². The highest BCUT2D eigenvalue weighted by atomic mass is 15.0. The third-order valence-electron chi connectivity index (χ3n) is 8.09. The Morgan fingerprint density at radius 2 is 1.20 bits per heavy atom. The maximum absolute atomic E-state index is 4.91. The lowest BCUT2D eigenvalue weighted by Crippen LogP contribution is -2.00. The molecule has 0 fully saturated rings. The molecule has 0 saturated carbocycles. The zero-order chi connectivity index (χ0) is 31.2. The van der Waals surface area contributed by atoms with E-state index in [4.69, 9.17) is 15.0 Å². The minimum Gasteiger partial charge on any atom is -0.208 e. The van der Waals surface area contributed by atoms with Crippen molar-refractivity contribution < 1.29 is 0 Å². The molecule has 0 unspecified atom stereocenters. The van der Waals surface area contributed by atoms with Gasteiger partial charge in [-0.15, -0.1) is 0 Å². The van der Waals surface area contributed by atoms with E-state index in [1.54, 1.807) is 0 Å². The first-order chi connectivity index (χ1) is 22.0. The smallest absolute Gasteiger partial charge is 0.164 e. The summed E-state index contributed by atoms with van der Waals surface area (Å²) in [5, 5.41) is 0. The Balaban J connectivity index is 1.31. The maximum Gasteiger partial charge on any atom is 0.164 e. The predicted octanol–water partition coefficient (Wildman–Crippen LogP) is 10.9. The molecule has 1 aromatic heterocycles. The van der Waals surface area contributed by atoms with Gasteiger partial charge in [0.2, 0.25) is 0 Å². The first-order valence-electron chi connectivity index (χ1n) is 15.2. The first kappa shape index (κ1) is 29.4. The summed E-state index contributed by atoms with van der Waals surface area (Å²) < 4.78 is 0. The quantitative estimate of drug-likeness (QED) is 0.171. The van der Waals surface area contributed by atoms with Gasteiger partial charge in [0.25, 0.3) is 0 Å². The molecule has 0 N–H and O–H groups in total. The third-order valence-corrected chi connectivity index (χ3v) is 8.09. The molecular weight excluding hydrogens is 546 g/mol. The van der Waals surface area contributed by atoms with Crippen molar-refractivity contribution in [3.8, 4) is 45.3 Å². The van der Waals surface area contributed by atoms with Crippen molar-refractivity contribution in [1.29, 1.82) is 0 Å². The van der Waals surface area contributed by atoms with Gasteiger partial charge >= 0.3 is 0 Å². The minimum atomic E-state index is 0.638. The SMILES string of the molecule is C=C/C=C1CC(/C=C\C(=C)c2cccc(-c3cccc(-c4nc(-c5ccccc5)nc(-c5ccccc5)n4)c3)c2)=C(C)C/1=C/C. The van der Waals surface area contributed by atoms with Gasteiger partial charge in [0.15, 0.2) is 17.5 Å². The van der Waals surface area contributed by atoms with E-state index in [0.717, 1.165) is 45.4 Å². The molecule has 3 nitrogen and oxygen atoms in total. The molecule has 218 valence electrons. The lowest BCUT2D eigenvalue weighted by Gasteiger charge is -2.10. The fourth-order valence-corrected chi connectivity index (χ4v) is 5.70. The molecule has 3 heteroatoms. The Bertz CT molecular complexity index is 1950. The molecule has 45 heavy (non-hydrogen) atoms. The Morgan fingerprint density at radius 3 is 1.80 bits per heavy atom. The van der Waals surface area contributed by atoms with Crippen LogP contribution < -0.4 is 0 Å². The Kier molecular flexibility index (Phi) is 8.70. The predicted molar refractivity (Wildman–Crippen MR) is 189 cm³/mol. The van der Waals surface area contributed by atoms with E-state index in [1.165, 1.54) is 22.3 Å². The summed E-state index contributed by atoms with van der Waals surface area (Å²) in [5.41, 5.74) is 12.3. The second kappa shape index (κ2) is 13.3. The second-order valence-electron chi connectivity index (χ2n) is 11.0. The summed E-state index contributed by atoms with van der Waals surface area (Å²) >= 11 is 0. The van der Waals surface area contributed by atoms with Crippen LogP contribution in [-0.4, -0.2) is 15.0 Å². The van der Waals surface area contributed by atoms with Gasteiger partial charge in [0.1, 0.15) is 0 Å². The number of hydrogen-bond donors (Lipinski definition) is 0. The van der Waals surface area contributed by atoms with E-state index in [9.17, 15) is 0 Å². The van der Waals surface area contributed by atoms with Crippen LogP contribution >= 0.6 is 0 Å². The van der Waals surface area contributed by atoms with Crippen LogP contribution in [0, 0.1) is 0 Å². The molecule has 0 aliphatic heterocycles. The van der Waals surface area contributed by atoms with Crippen molar-refractivity contribution in [2.24, 2.45) is 0 Å². The molecular formula is C42H35N3. The molecule has 0 saturated heterocycles. The van der Waals surface area contributed by atoms with Crippen molar-refractivity contribution >= 4 is 5.57 Å². The Labute approximate surface area is 266 Å². The first-order valence-corrected chi connectivity index (χ1v) is 15.2. The van der Waals surface area contributed by atoms with Crippen LogP contribution in [-0.2, 0) is 0 Å². The molecule has 6 rings (SSSR count). The molecule has 5 aromatic rings. The van der Waals surface area contributed by atoms with E-state index in [2.05, 4.69) is 99.8 Å². The molecule has 1 heterocycles. The van der Waals surface area contributed by atoms with Gasteiger partial charge in [0, 0.05) is 16.7 Å². The monoisotopic (exact) mass is 581 g/mol. The summed E-state index contributed by atoms with van der Waals surface area (Å²) in [6.45, 7) is 12.6. The van der Waals surface area contributed by atoms with Crippen LogP contribution in [0.5, 0.6) is 0 Å². The molecule has 0 atom stereocenters. The van der Waals surface area contributed by atoms with Crippen molar-refractivity contribution in [3.05, 3.63) is 181 Å². The van der Waals surface area contributed by atoms with Gasteiger partial charge < -0.3 is 0 Å². The highest BCUT2D eigenvalue weighted by molar-refractivity contribution is 5.79. The van der Waals surface area contributed by atoms with E-state index in [0.29, 0.717) is 17.5 Å². The Morgan fingerprint density at radius 1 is 0.667 bits per heavy atom. The zero-order valence-electron chi connectivity index (χ0n) is 25.7. The highest BCUT2D eigenvalue weighted by Crippen LogP contribution is 2.37. The van der Waals surface area contributed by atoms with Crippen molar-refractivity contribution in [2.75, 3.05) is 0 Å². The average molecular weight is 582 g/mol. The topological polar surface area (TPSA) is 38.7 Å². The normalized spacial score (nSPS) is 14.9. The summed E-state index contributed by atoms with van der Waals surface area (Å²) in [7, 11) is 0. The number of aromatic nitrogens is 3. The van der Waals surface area contributed by atoms with Crippen LogP contribution in [0.4, 0.5) is 0 Å². The van der Waals surface area contributed by atoms with Crippen molar-refractivity contribution in [1.82, 2.24) is 15.0 Å². The molecule has 0 amide bonds.